The van der Waals surface area contributed by atoms with Crippen LogP contribution in [0.3, 0.4) is 0 Å². The van der Waals surface area contributed by atoms with Gasteiger partial charge in [-0.25, -0.2) is 0 Å². The van der Waals surface area contributed by atoms with Crippen LogP contribution in [0.25, 0.3) is 0 Å². The van der Waals surface area contributed by atoms with Gasteiger partial charge < -0.3 is 11.1 Å². The third kappa shape index (κ3) is 5.93. The Morgan fingerprint density at radius 2 is 2.23 bits per heavy atom. The first-order valence-corrected chi connectivity index (χ1v) is 6.03. The Bertz CT molecular complexity index is 153. The molecule has 0 bridgehead atoms. The molecule has 0 aromatic rings. The average Bonchev–Trinajstić information content (AvgIpc) is 2.13. The van der Waals surface area contributed by atoms with Crippen molar-refractivity contribution in [3.63, 3.8) is 0 Å². The van der Waals surface area contributed by atoms with Gasteiger partial charge in [0, 0.05) is 6.54 Å². The number of nitrogens with two attached hydrogens (primary N) is 1. The fourth-order valence-corrected chi connectivity index (χ4v) is 1.62. The molecule has 78 valence electrons. The zero-order valence-corrected chi connectivity index (χ0v) is 9.49. The zero-order chi connectivity index (χ0) is 10.3. The number of rotatable bonds is 6. The van der Waals surface area contributed by atoms with Crippen LogP contribution in [0.5, 0.6) is 0 Å². The summed E-state index contributed by atoms with van der Waals surface area (Å²) in [5.41, 5.74) is 5.56. The van der Waals surface area contributed by atoms with E-state index < -0.39 is 0 Å². The third-order valence-electron chi connectivity index (χ3n) is 1.85. The summed E-state index contributed by atoms with van der Waals surface area (Å²) in [5, 5.41) is 2.84. The molecule has 0 rings (SSSR count). The normalized spacial score (nSPS) is 15.1. The monoisotopic (exact) mass is 204 g/mol. The molecule has 0 aromatic carbocycles. The molecule has 1 amide bonds. The number of hydrogen-bond acceptors (Lipinski definition) is 3. The van der Waals surface area contributed by atoms with Crippen LogP contribution in [0.15, 0.2) is 0 Å². The second-order valence-electron chi connectivity index (χ2n) is 3.32. The maximum absolute atomic E-state index is 11.2. The van der Waals surface area contributed by atoms with Gasteiger partial charge in [0.2, 0.25) is 5.91 Å². The molecule has 3 nitrogen and oxygen atoms in total. The smallest absolute Gasteiger partial charge is 0.236 e. The topological polar surface area (TPSA) is 55.1 Å². The van der Waals surface area contributed by atoms with Crippen LogP contribution < -0.4 is 11.1 Å². The Kier molecular flexibility index (Phi) is 7.09. The maximum Gasteiger partial charge on any atom is 0.236 e. The van der Waals surface area contributed by atoms with E-state index in [1.54, 1.807) is 11.8 Å². The third-order valence-corrected chi connectivity index (χ3v) is 2.75. The van der Waals surface area contributed by atoms with E-state index in [1.165, 1.54) is 0 Å². The molecule has 0 fully saturated rings. The summed E-state index contributed by atoms with van der Waals surface area (Å²) in [5.74, 6) is 1.56. The van der Waals surface area contributed by atoms with E-state index in [0.717, 1.165) is 12.3 Å². The van der Waals surface area contributed by atoms with Gasteiger partial charge in [-0.1, -0.05) is 13.8 Å². The Morgan fingerprint density at radius 3 is 2.69 bits per heavy atom. The van der Waals surface area contributed by atoms with Crippen molar-refractivity contribution >= 4 is 17.7 Å². The first-order valence-electron chi connectivity index (χ1n) is 4.64. The first kappa shape index (κ1) is 12.8. The molecule has 1 unspecified atom stereocenters. The second kappa shape index (κ2) is 7.21. The van der Waals surface area contributed by atoms with Crippen LogP contribution in [0, 0.1) is 5.92 Å². The van der Waals surface area contributed by atoms with Crippen molar-refractivity contribution in [2.24, 2.45) is 11.7 Å². The highest BCUT2D eigenvalue weighted by molar-refractivity contribution is 7.98. The van der Waals surface area contributed by atoms with Crippen molar-refractivity contribution in [1.82, 2.24) is 5.32 Å². The van der Waals surface area contributed by atoms with Crippen LogP contribution in [0.2, 0.25) is 0 Å². The quantitative estimate of drug-likeness (QED) is 0.674. The van der Waals surface area contributed by atoms with E-state index >= 15 is 0 Å². The Morgan fingerprint density at radius 1 is 1.62 bits per heavy atom. The van der Waals surface area contributed by atoms with Crippen molar-refractivity contribution in [2.75, 3.05) is 18.6 Å². The molecular formula is C9H20N2OS. The highest BCUT2D eigenvalue weighted by atomic mass is 32.2. The number of carbonyl (C=O) groups is 1. The van der Waals surface area contributed by atoms with Gasteiger partial charge in [0.25, 0.3) is 0 Å². The molecule has 13 heavy (non-hydrogen) atoms. The lowest BCUT2D eigenvalue weighted by Gasteiger charge is -2.13. The summed E-state index contributed by atoms with van der Waals surface area (Å²) in [6, 6.07) is -0.346. The van der Waals surface area contributed by atoms with Crippen molar-refractivity contribution < 1.29 is 4.79 Å². The van der Waals surface area contributed by atoms with Gasteiger partial charge in [-0.05, 0) is 24.3 Å². The molecule has 3 N–H and O–H groups in total. The molecule has 0 saturated carbocycles. The minimum atomic E-state index is -0.346. The second-order valence-corrected chi connectivity index (χ2v) is 4.23. The molecule has 0 aliphatic carbocycles. The maximum atomic E-state index is 11.2. The highest BCUT2D eigenvalue weighted by Gasteiger charge is 2.11. The molecule has 4 heteroatoms. The lowest BCUT2D eigenvalue weighted by Crippen LogP contribution is -2.41. The summed E-state index contributed by atoms with van der Waals surface area (Å²) >= 11 is 1.79. The summed E-state index contributed by atoms with van der Waals surface area (Å²) < 4.78 is 0. The lowest BCUT2D eigenvalue weighted by molar-refractivity contribution is -0.122. The van der Waals surface area contributed by atoms with Gasteiger partial charge in [-0.3, -0.25) is 4.79 Å². The van der Waals surface area contributed by atoms with E-state index in [0.29, 0.717) is 12.3 Å². The molecule has 0 aliphatic heterocycles. The molecule has 0 saturated heterocycles. The summed E-state index contributed by atoms with van der Waals surface area (Å²) in [7, 11) is 0. The summed E-state index contributed by atoms with van der Waals surface area (Å²) in [6.45, 7) is 4.76. The molecule has 0 aliphatic rings. The van der Waals surface area contributed by atoms with Gasteiger partial charge in [0.15, 0.2) is 0 Å². The molecule has 2 atom stereocenters. The highest BCUT2D eigenvalue weighted by Crippen LogP contribution is 2.02. The van der Waals surface area contributed by atoms with Gasteiger partial charge in [-0.15, -0.1) is 0 Å². The molecule has 0 radical (unpaired) electrons. The van der Waals surface area contributed by atoms with Crippen LogP contribution in [-0.2, 0) is 4.79 Å². The minimum Gasteiger partial charge on any atom is -0.354 e. The number of hydrogen-bond donors (Lipinski definition) is 2. The largest absolute Gasteiger partial charge is 0.354 e. The predicted octanol–water partition coefficient (Wildman–Crippen LogP) is 0.839. The van der Waals surface area contributed by atoms with E-state index in [-0.39, 0.29) is 11.9 Å². The van der Waals surface area contributed by atoms with Crippen LogP contribution >= 0.6 is 11.8 Å². The lowest BCUT2D eigenvalue weighted by atomic mass is 10.2. The van der Waals surface area contributed by atoms with E-state index in [1.807, 2.05) is 6.92 Å². The Hall–Kier alpha value is -0.220. The molecular weight excluding hydrogens is 184 g/mol. The van der Waals surface area contributed by atoms with Crippen molar-refractivity contribution in [2.45, 2.75) is 26.3 Å². The van der Waals surface area contributed by atoms with Crippen molar-refractivity contribution in [1.29, 1.82) is 0 Å². The Labute approximate surface area is 84.8 Å². The minimum absolute atomic E-state index is 0.0320. The number of nitrogens with one attached hydrogen (secondary N) is 1. The average molecular weight is 204 g/mol. The molecule has 0 heterocycles. The van der Waals surface area contributed by atoms with Gasteiger partial charge in [0.05, 0.1) is 6.04 Å². The number of thioether (sulfide) groups is 1. The molecule has 0 spiro atoms. The van der Waals surface area contributed by atoms with Gasteiger partial charge in [0.1, 0.15) is 0 Å². The van der Waals surface area contributed by atoms with Crippen molar-refractivity contribution in [3.05, 3.63) is 0 Å². The van der Waals surface area contributed by atoms with Crippen LogP contribution in [0.4, 0.5) is 0 Å². The first-order chi connectivity index (χ1) is 6.11. The van der Waals surface area contributed by atoms with Crippen molar-refractivity contribution in [3.8, 4) is 0 Å². The van der Waals surface area contributed by atoms with Gasteiger partial charge >= 0.3 is 0 Å². The fourth-order valence-electron chi connectivity index (χ4n) is 0.935. The number of carbonyl (C=O) groups excluding carboxylic acids is 1. The summed E-state index contributed by atoms with van der Waals surface area (Å²) in [6.07, 6.45) is 2.76. The summed E-state index contributed by atoms with van der Waals surface area (Å²) in [4.78, 5) is 11.2. The van der Waals surface area contributed by atoms with E-state index in [9.17, 15) is 4.79 Å². The standard InChI is InChI=1S/C9H20N2OS/c1-4-8(10)9(12)11-5-7(2)6-13-3/h7-8H,4-6,10H2,1-3H3,(H,11,12)/t7?,8-/m1/s1. The van der Waals surface area contributed by atoms with Gasteiger partial charge in [-0.2, -0.15) is 11.8 Å². The molecule has 0 aromatic heterocycles. The number of amides is 1. The van der Waals surface area contributed by atoms with E-state index in [2.05, 4.69) is 18.5 Å². The van der Waals surface area contributed by atoms with Crippen LogP contribution in [-0.4, -0.2) is 30.5 Å². The van der Waals surface area contributed by atoms with Crippen LogP contribution in [0.1, 0.15) is 20.3 Å². The predicted molar refractivity (Wildman–Crippen MR) is 58.8 cm³/mol. The Balaban J connectivity index is 3.57. The zero-order valence-electron chi connectivity index (χ0n) is 8.67. The van der Waals surface area contributed by atoms with E-state index in [4.69, 9.17) is 5.73 Å². The SMILES string of the molecule is CC[C@@H](N)C(=O)NCC(C)CSC. The fraction of sp³-hybridized carbons (Fsp3) is 0.889.